The normalized spacial score (nSPS) is 10.3. The summed E-state index contributed by atoms with van der Waals surface area (Å²) in [6.45, 7) is 1.84. The third-order valence-corrected chi connectivity index (χ3v) is 3.90. The molecule has 0 aliphatic rings. The summed E-state index contributed by atoms with van der Waals surface area (Å²) >= 11 is 7.51. The van der Waals surface area contributed by atoms with Crippen LogP contribution in [0.25, 0.3) is 0 Å². The maximum absolute atomic E-state index is 5.83. The minimum absolute atomic E-state index is 0. The molecule has 0 unspecified atom stereocenters. The third kappa shape index (κ3) is 5.66. The SMILES string of the molecule is Cl.Cn1nnnc1SCCCNCc1ccc(Cl)cc1. The highest BCUT2D eigenvalue weighted by Gasteiger charge is 2.01. The van der Waals surface area contributed by atoms with E-state index in [1.165, 1.54) is 5.56 Å². The van der Waals surface area contributed by atoms with Gasteiger partial charge in [-0.3, -0.25) is 0 Å². The molecule has 20 heavy (non-hydrogen) atoms. The summed E-state index contributed by atoms with van der Waals surface area (Å²) in [6.07, 6.45) is 1.07. The van der Waals surface area contributed by atoms with Crippen molar-refractivity contribution < 1.29 is 0 Å². The molecule has 0 amide bonds. The van der Waals surface area contributed by atoms with Crippen LogP contribution in [0.1, 0.15) is 12.0 Å². The topological polar surface area (TPSA) is 55.6 Å². The molecule has 0 aliphatic heterocycles. The highest BCUT2D eigenvalue weighted by atomic mass is 35.5. The van der Waals surface area contributed by atoms with Crippen LogP contribution in [0.2, 0.25) is 5.02 Å². The Morgan fingerprint density at radius 2 is 2.05 bits per heavy atom. The standard InChI is InChI=1S/C12H16ClN5S.ClH/c1-18-12(15-16-17-18)19-8-2-7-14-9-10-3-5-11(13)6-4-10;/h3-6,14H,2,7-9H2,1H3;1H. The Balaban J connectivity index is 0.00000200. The number of thioether (sulfide) groups is 1. The van der Waals surface area contributed by atoms with Crippen LogP contribution in [-0.2, 0) is 13.6 Å². The second-order valence-electron chi connectivity index (χ2n) is 4.09. The molecule has 0 saturated carbocycles. The average molecular weight is 334 g/mol. The van der Waals surface area contributed by atoms with E-state index < -0.39 is 0 Å². The van der Waals surface area contributed by atoms with Crippen molar-refractivity contribution in [3.05, 3.63) is 34.9 Å². The van der Waals surface area contributed by atoms with Crippen LogP contribution < -0.4 is 5.32 Å². The lowest BCUT2D eigenvalue weighted by Crippen LogP contribution is -2.15. The molecular formula is C12H17Cl2N5S. The van der Waals surface area contributed by atoms with E-state index in [2.05, 4.69) is 20.8 Å². The molecule has 1 aromatic heterocycles. The average Bonchev–Trinajstić information content (AvgIpc) is 2.81. The highest BCUT2D eigenvalue weighted by molar-refractivity contribution is 7.99. The summed E-state index contributed by atoms with van der Waals surface area (Å²) in [5, 5.41) is 16.3. The zero-order valence-corrected chi connectivity index (χ0v) is 13.5. The molecule has 5 nitrogen and oxygen atoms in total. The Morgan fingerprint density at radius 3 is 2.70 bits per heavy atom. The molecule has 0 radical (unpaired) electrons. The third-order valence-electron chi connectivity index (χ3n) is 2.55. The molecule has 0 bridgehead atoms. The van der Waals surface area contributed by atoms with Gasteiger partial charge >= 0.3 is 0 Å². The maximum Gasteiger partial charge on any atom is 0.209 e. The van der Waals surface area contributed by atoms with Gasteiger partial charge in [0.2, 0.25) is 5.16 Å². The van der Waals surface area contributed by atoms with E-state index in [-0.39, 0.29) is 12.4 Å². The molecule has 1 aromatic carbocycles. The number of tetrazole rings is 1. The smallest absolute Gasteiger partial charge is 0.209 e. The second-order valence-corrected chi connectivity index (χ2v) is 5.59. The molecule has 2 aromatic rings. The monoisotopic (exact) mass is 333 g/mol. The largest absolute Gasteiger partial charge is 0.313 e. The van der Waals surface area contributed by atoms with E-state index in [0.29, 0.717) is 0 Å². The minimum atomic E-state index is 0. The van der Waals surface area contributed by atoms with Gasteiger partial charge in [0.1, 0.15) is 0 Å². The molecule has 1 heterocycles. The number of aryl methyl sites for hydroxylation is 1. The molecular weight excluding hydrogens is 317 g/mol. The Morgan fingerprint density at radius 1 is 1.30 bits per heavy atom. The van der Waals surface area contributed by atoms with Crippen molar-refractivity contribution in [3.8, 4) is 0 Å². The predicted molar refractivity (Wildman–Crippen MR) is 84.5 cm³/mol. The quantitative estimate of drug-likeness (QED) is 0.623. The van der Waals surface area contributed by atoms with Gasteiger partial charge in [-0.2, -0.15) is 0 Å². The second kappa shape index (κ2) is 9.18. The fourth-order valence-electron chi connectivity index (χ4n) is 1.54. The van der Waals surface area contributed by atoms with Crippen molar-refractivity contribution in [2.24, 2.45) is 7.05 Å². The predicted octanol–water partition coefficient (Wildman–Crippen LogP) is 2.56. The number of rotatable bonds is 7. The van der Waals surface area contributed by atoms with Gasteiger partial charge in [0, 0.05) is 24.4 Å². The van der Waals surface area contributed by atoms with Crippen LogP contribution in [0.3, 0.4) is 0 Å². The molecule has 0 fully saturated rings. The molecule has 8 heteroatoms. The van der Waals surface area contributed by atoms with Crippen LogP contribution in [0.15, 0.2) is 29.4 Å². The minimum Gasteiger partial charge on any atom is -0.313 e. The summed E-state index contributed by atoms with van der Waals surface area (Å²) in [5.74, 6) is 1.00. The van der Waals surface area contributed by atoms with Gasteiger partial charge in [-0.1, -0.05) is 35.5 Å². The molecule has 2 rings (SSSR count). The Kier molecular flexibility index (Phi) is 7.91. The number of halogens is 2. The number of nitrogens with one attached hydrogen (secondary N) is 1. The van der Waals surface area contributed by atoms with Gasteiger partial charge in [0.05, 0.1) is 0 Å². The zero-order chi connectivity index (χ0) is 13.5. The van der Waals surface area contributed by atoms with Crippen LogP contribution in [0, 0.1) is 0 Å². The molecule has 0 spiro atoms. The van der Waals surface area contributed by atoms with Crippen molar-refractivity contribution in [1.82, 2.24) is 25.5 Å². The first-order valence-corrected chi connectivity index (χ1v) is 7.42. The van der Waals surface area contributed by atoms with Crippen molar-refractivity contribution in [2.75, 3.05) is 12.3 Å². The van der Waals surface area contributed by atoms with Gasteiger partial charge < -0.3 is 5.32 Å². The van der Waals surface area contributed by atoms with Crippen LogP contribution in [0.5, 0.6) is 0 Å². The van der Waals surface area contributed by atoms with Crippen molar-refractivity contribution >= 4 is 35.8 Å². The molecule has 0 aliphatic carbocycles. The lowest BCUT2D eigenvalue weighted by Gasteiger charge is -2.04. The van der Waals surface area contributed by atoms with E-state index in [0.717, 1.165) is 35.4 Å². The number of hydrogen-bond acceptors (Lipinski definition) is 5. The van der Waals surface area contributed by atoms with E-state index in [1.54, 1.807) is 16.4 Å². The van der Waals surface area contributed by atoms with E-state index in [4.69, 9.17) is 11.6 Å². The lowest BCUT2D eigenvalue weighted by atomic mass is 10.2. The van der Waals surface area contributed by atoms with Gasteiger partial charge in [0.25, 0.3) is 0 Å². The van der Waals surface area contributed by atoms with E-state index >= 15 is 0 Å². The van der Waals surface area contributed by atoms with Crippen LogP contribution in [0.4, 0.5) is 0 Å². The van der Waals surface area contributed by atoms with Crippen LogP contribution >= 0.6 is 35.8 Å². The van der Waals surface area contributed by atoms with Crippen molar-refractivity contribution in [1.29, 1.82) is 0 Å². The van der Waals surface area contributed by atoms with Gasteiger partial charge in [-0.15, -0.1) is 17.5 Å². The number of hydrogen-bond donors (Lipinski definition) is 1. The summed E-state index contributed by atoms with van der Waals surface area (Å²) in [4.78, 5) is 0. The van der Waals surface area contributed by atoms with Crippen molar-refractivity contribution in [3.63, 3.8) is 0 Å². The first kappa shape index (κ1) is 17.2. The highest BCUT2D eigenvalue weighted by Crippen LogP contribution is 2.13. The molecule has 110 valence electrons. The van der Waals surface area contributed by atoms with E-state index in [9.17, 15) is 0 Å². The summed E-state index contributed by atoms with van der Waals surface area (Å²) in [7, 11) is 1.85. The number of nitrogens with zero attached hydrogens (tertiary/aromatic N) is 4. The summed E-state index contributed by atoms with van der Waals surface area (Å²) < 4.78 is 1.69. The van der Waals surface area contributed by atoms with Crippen molar-refractivity contribution in [2.45, 2.75) is 18.1 Å². The van der Waals surface area contributed by atoms with Crippen LogP contribution in [-0.4, -0.2) is 32.5 Å². The first-order valence-electron chi connectivity index (χ1n) is 6.06. The zero-order valence-electron chi connectivity index (χ0n) is 11.1. The Labute approximate surface area is 133 Å². The fraction of sp³-hybridized carbons (Fsp3) is 0.417. The van der Waals surface area contributed by atoms with Gasteiger partial charge in [0.15, 0.2) is 0 Å². The van der Waals surface area contributed by atoms with E-state index in [1.807, 2.05) is 31.3 Å². The molecule has 0 saturated heterocycles. The fourth-order valence-corrected chi connectivity index (χ4v) is 2.45. The molecule has 0 atom stereocenters. The van der Waals surface area contributed by atoms with Gasteiger partial charge in [-0.05, 0) is 41.1 Å². The molecule has 1 N–H and O–H groups in total. The Bertz CT molecular complexity index is 503. The number of aromatic nitrogens is 4. The lowest BCUT2D eigenvalue weighted by molar-refractivity contribution is 0.661. The summed E-state index contributed by atoms with van der Waals surface area (Å²) in [5.41, 5.74) is 1.24. The van der Waals surface area contributed by atoms with Gasteiger partial charge in [-0.25, -0.2) is 4.68 Å². The maximum atomic E-state index is 5.83. The number of benzene rings is 1. The Hall–Kier alpha value is -0.820. The summed E-state index contributed by atoms with van der Waals surface area (Å²) in [6, 6.07) is 7.90. The first-order chi connectivity index (χ1) is 9.25.